The molecule has 0 unspecified atom stereocenters. The standard InChI is InChI=1S/C21H27N3OS/c1-3-26-20-12-8-7-11-19(20)22-21(25)23(2)18-13-14-24(16-18)15-17-9-5-4-6-10-17/h4-12,18H,3,13-16H2,1-2H3,(H,22,25)/t18-/m0/s1. The van der Waals surface area contributed by atoms with E-state index in [-0.39, 0.29) is 12.1 Å². The van der Waals surface area contributed by atoms with Gasteiger partial charge in [0.15, 0.2) is 0 Å². The number of amides is 2. The van der Waals surface area contributed by atoms with Gasteiger partial charge in [0.2, 0.25) is 0 Å². The summed E-state index contributed by atoms with van der Waals surface area (Å²) < 4.78 is 0. The maximum absolute atomic E-state index is 12.7. The molecule has 1 atom stereocenters. The number of anilines is 1. The number of nitrogens with zero attached hydrogens (tertiary/aromatic N) is 2. The zero-order valence-corrected chi connectivity index (χ0v) is 16.3. The molecule has 0 aliphatic carbocycles. The summed E-state index contributed by atoms with van der Waals surface area (Å²) in [4.78, 5) is 18.1. The molecule has 1 fully saturated rings. The number of carbonyl (C=O) groups excluding carboxylic acids is 1. The molecule has 5 heteroatoms. The van der Waals surface area contributed by atoms with E-state index >= 15 is 0 Å². The second kappa shape index (κ2) is 9.10. The molecule has 3 rings (SSSR count). The van der Waals surface area contributed by atoms with Crippen molar-refractivity contribution in [2.45, 2.75) is 30.8 Å². The van der Waals surface area contributed by atoms with E-state index in [0.717, 1.165) is 42.4 Å². The van der Waals surface area contributed by atoms with E-state index < -0.39 is 0 Å². The Morgan fingerprint density at radius 3 is 2.69 bits per heavy atom. The highest BCUT2D eigenvalue weighted by atomic mass is 32.2. The lowest BCUT2D eigenvalue weighted by Gasteiger charge is -2.26. The van der Waals surface area contributed by atoms with Gasteiger partial charge >= 0.3 is 6.03 Å². The summed E-state index contributed by atoms with van der Waals surface area (Å²) in [5.74, 6) is 0.986. The number of carbonyl (C=O) groups is 1. The molecule has 0 bridgehead atoms. The van der Waals surface area contributed by atoms with Crippen LogP contribution in [0.25, 0.3) is 0 Å². The number of benzene rings is 2. The van der Waals surface area contributed by atoms with Gasteiger partial charge in [-0.2, -0.15) is 0 Å². The van der Waals surface area contributed by atoms with Crippen molar-refractivity contribution < 1.29 is 4.79 Å². The van der Waals surface area contributed by atoms with E-state index in [2.05, 4.69) is 47.5 Å². The van der Waals surface area contributed by atoms with Crippen molar-refractivity contribution >= 4 is 23.5 Å². The minimum absolute atomic E-state index is 0.0271. The Labute approximate surface area is 160 Å². The van der Waals surface area contributed by atoms with E-state index in [0.29, 0.717) is 0 Å². The molecule has 1 aliphatic rings. The minimum atomic E-state index is -0.0271. The molecule has 0 saturated carbocycles. The molecule has 0 aromatic heterocycles. The van der Waals surface area contributed by atoms with Crippen LogP contribution in [0.5, 0.6) is 0 Å². The third kappa shape index (κ3) is 4.80. The van der Waals surface area contributed by atoms with Crippen molar-refractivity contribution in [1.29, 1.82) is 0 Å². The van der Waals surface area contributed by atoms with Crippen molar-refractivity contribution in [3.8, 4) is 0 Å². The fourth-order valence-corrected chi connectivity index (χ4v) is 4.09. The molecular formula is C21H27N3OS. The average Bonchev–Trinajstić information content (AvgIpc) is 3.12. The lowest BCUT2D eigenvalue weighted by Crippen LogP contribution is -2.41. The van der Waals surface area contributed by atoms with E-state index in [9.17, 15) is 4.79 Å². The summed E-state index contributed by atoms with van der Waals surface area (Å²) in [7, 11) is 1.90. The highest BCUT2D eigenvalue weighted by molar-refractivity contribution is 7.99. The van der Waals surface area contributed by atoms with Gasteiger partial charge in [-0.25, -0.2) is 4.79 Å². The maximum Gasteiger partial charge on any atom is 0.321 e. The molecule has 2 aromatic carbocycles. The van der Waals surface area contributed by atoms with Crippen molar-refractivity contribution in [2.75, 3.05) is 31.2 Å². The molecule has 2 amide bonds. The van der Waals surface area contributed by atoms with Crippen LogP contribution in [0.15, 0.2) is 59.5 Å². The number of urea groups is 1. The van der Waals surface area contributed by atoms with Crippen LogP contribution >= 0.6 is 11.8 Å². The summed E-state index contributed by atoms with van der Waals surface area (Å²) in [5, 5.41) is 3.08. The topological polar surface area (TPSA) is 35.6 Å². The van der Waals surface area contributed by atoms with Crippen molar-refractivity contribution in [2.24, 2.45) is 0 Å². The molecule has 0 radical (unpaired) electrons. The lowest BCUT2D eigenvalue weighted by molar-refractivity contribution is 0.201. The van der Waals surface area contributed by atoms with E-state index in [1.54, 1.807) is 11.8 Å². The number of para-hydroxylation sites is 1. The van der Waals surface area contributed by atoms with Crippen LogP contribution in [0.1, 0.15) is 18.9 Å². The van der Waals surface area contributed by atoms with Gasteiger partial charge in [0, 0.05) is 37.6 Å². The molecule has 26 heavy (non-hydrogen) atoms. The predicted molar refractivity (Wildman–Crippen MR) is 110 cm³/mol. The van der Waals surface area contributed by atoms with Crippen LogP contribution in [0.3, 0.4) is 0 Å². The minimum Gasteiger partial charge on any atom is -0.323 e. The molecule has 1 saturated heterocycles. The number of thioether (sulfide) groups is 1. The fraction of sp³-hybridized carbons (Fsp3) is 0.381. The van der Waals surface area contributed by atoms with E-state index in [1.807, 2.05) is 36.2 Å². The van der Waals surface area contributed by atoms with Gasteiger partial charge in [0.1, 0.15) is 0 Å². The monoisotopic (exact) mass is 369 g/mol. The molecule has 4 nitrogen and oxygen atoms in total. The summed E-state index contributed by atoms with van der Waals surface area (Å²) in [5.41, 5.74) is 2.22. The van der Waals surface area contributed by atoms with E-state index in [4.69, 9.17) is 0 Å². The highest BCUT2D eigenvalue weighted by Crippen LogP contribution is 2.27. The molecule has 1 heterocycles. The number of rotatable bonds is 6. The zero-order chi connectivity index (χ0) is 18.4. The van der Waals surface area contributed by atoms with Crippen LogP contribution in [0.4, 0.5) is 10.5 Å². The summed E-state index contributed by atoms with van der Waals surface area (Å²) >= 11 is 1.75. The fourth-order valence-electron chi connectivity index (χ4n) is 3.33. The maximum atomic E-state index is 12.7. The molecule has 2 aromatic rings. The number of hydrogen-bond acceptors (Lipinski definition) is 3. The van der Waals surface area contributed by atoms with Crippen LogP contribution in [-0.2, 0) is 6.54 Å². The highest BCUT2D eigenvalue weighted by Gasteiger charge is 2.28. The summed E-state index contributed by atoms with van der Waals surface area (Å²) in [6.07, 6.45) is 1.02. The summed E-state index contributed by atoms with van der Waals surface area (Å²) in [6.45, 7) is 5.02. The Kier molecular flexibility index (Phi) is 6.58. The quantitative estimate of drug-likeness (QED) is 0.760. The van der Waals surface area contributed by atoms with Crippen LogP contribution in [0, 0.1) is 0 Å². The van der Waals surface area contributed by atoms with Gasteiger partial charge in [0.25, 0.3) is 0 Å². The lowest BCUT2D eigenvalue weighted by atomic mass is 10.2. The molecular weight excluding hydrogens is 342 g/mol. The van der Waals surface area contributed by atoms with Crippen molar-refractivity contribution in [3.05, 3.63) is 60.2 Å². The molecule has 1 N–H and O–H groups in total. The molecule has 1 aliphatic heterocycles. The van der Waals surface area contributed by atoms with Crippen LogP contribution in [0.2, 0.25) is 0 Å². The van der Waals surface area contributed by atoms with Crippen LogP contribution in [-0.4, -0.2) is 47.8 Å². The number of likely N-dealkylation sites (tertiary alicyclic amines) is 1. The van der Waals surface area contributed by atoms with Gasteiger partial charge in [-0.3, -0.25) is 4.90 Å². The molecule has 0 spiro atoms. The number of nitrogens with one attached hydrogen (secondary N) is 1. The SMILES string of the molecule is CCSc1ccccc1NC(=O)N(C)[C@H]1CCN(Cc2ccccc2)C1. The van der Waals surface area contributed by atoms with Gasteiger partial charge < -0.3 is 10.2 Å². The number of likely N-dealkylation sites (N-methyl/N-ethyl adjacent to an activating group) is 1. The Morgan fingerprint density at radius 2 is 1.92 bits per heavy atom. The first-order valence-corrected chi connectivity index (χ1v) is 10.2. The van der Waals surface area contributed by atoms with Gasteiger partial charge in [-0.05, 0) is 29.9 Å². The first-order chi connectivity index (χ1) is 12.7. The Balaban J connectivity index is 1.56. The average molecular weight is 370 g/mol. The molecule has 138 valence electrons. The first kappa shape index (κ1) is 18.8. The third-order valence-corrected chi connectivity index (χ3v) is 5.75. The Hall–Kier alpha value is -1.98. The zero-order valence-electron chi connectivity index (χ0n) is 15.5. The predicted octanol–water partition coefficient (Wildman–Crippen LogP) is 4.54. The smallest absolute Gasteiger partial charge is 0.321 e. The Bertz CT molecular complexity index is 722. The van der Waals surface area contributed by atoms with Crippen molar-refractivity contribution in [3.63, 3.8) is 0 Å². The third-order valence-electron chi connectivity index (χ3n) is 4.79. The van der Waals surface area contributed by atoms with Crippen molar-refractivity contribution in [1.82, 2.24) is 9.80 Å². The van der Waals surface area contributed by atoms with Gasteiger partial charge in [-0.15, -0.1) is 11.8 Å². The second-order valence-corrected chi connectivity index (χ2v) is 7.94. The largest absolute Gasteiger partial charge is 0.323 e. The summed E-state index contributed by atoms with van der Waals surface area (Å²) in [6, 6.07) is 18.7. The van der Waals surface area contributed by atoms with Crippen LogP contribution < -0.4 is 5.32 Å². The van der Waals surface area contributed by atoms with E-state index in [1.165, 1.54) is 5.56 Å². The first-order valence-electron chi connectivity index (χ1n) is 9.19. The number of hydrogen-bond donors (Lipinski definition) is 1. The van der Waals surface area contributed by atoms with Gasteiger partial charge in [-0.1, -0.05) is 49.4 Å². The normalized spacial score (nSPS) is 17.2. The Morgan fingerprint density at radius 1 is 1.19 bits per heavy atom. The second-order valence-electron chi connectivity index (χ2n) is 6.63. The van der Waals surface area contributed by atoms with Gasteiger partial charge in [0.05, 0.1) is 5.69 Å².